The maximum atomic E-state index is 14.0. The van der Waals surface area contributed by atoms with Crippen LogP contribution in [0.5, 0.6) is 5.75 Å². The number of nitrogens with zero attached hydrogens (tertiary/aromatic N) is 2. The summed E-state index contributed by atoms with van der Waals surface area (Å²) in [5.41, 5.74) is 1.40. The summed E-state index contributed by atoms with van der Waals surface area (Å²) < 4.78 is 46.0. The lowest BCUT2D eigenvalue weighted by molar-refractivity contribution is 0.0948. The van der Waals surface area contributed by atoms with Gasteiger partial charge in [-0.15, -0.1) is 0 Å². The second kappa shape index (κ2) is 10.5. The van der Waals surface area contributed by atoms with Crippen LogP contribution in [0.1, 0.15) is 42.6 Å². The van der Waals surface area contributed by atoms with Gasteiger partial charge < -0.3 is 15.0 Å². The molecule has 8 nitrogen and oxygen atoms in total. The first kappa shape index (κ1) is 24.2. The molecule has 0 spiro atoms. The van der Waals surface area contributed by atoms with Crippen molar-refractivity contribution in [3.8, 4) is 5.75 Å². The van der Waals surface area contributed by atoms with Gasteiger partial charge in [0.2, 0.25) is 10.0 Å². The fourth-order valence-corrected chi connectivity index (χ4v) is 5.83. The van der Waals surface area contributed by atoms with E-state index in [0.29, 0.717) is 31.2 Å². The van der Waals surface area contributed by atoms with Crippen LogP contribution in [-0.2, 0) is 10.0 Å². The van der Waals surface area contributed by atoms with Crippen molar-refractivity contribution in [2.75, 3.05) is 26.7 Å². The number of ether oxygens (including phenoxy) is 1. The SMILES string of the molecule is COc1ccc(S(=O)(=O)N2CCC(CCCCNC(=O)c3cc4cnccc4[nH]3)CC2)cc1F. The minimum Gasteiger partial charge on any atom is -0.494 e. The van der Waals surface area contributed by atoms with E-state index in [2.05, 4.69) is 15.3 Å². The van der Waals surface area contributed by atoms with Crippen molar-refractivity contribution in [1.82, 2.24) is 19.6 Å². The molecular formula is C24H29FN4O4S. The monoisotopic (exact) mass is 488 g/mol. The number of nitrogens with one attached hydrogen (secondary N) is 2. The zero-order valence-corrected chi connectivity index (χ0v) is 19.9. The molecule has 0 saturated carbocycles. The van der Waals surface area contributed by atoms with Crippen molar-refractivity contribution in [2.24, 2.45) is 5.92 Å². The van der Waals surface area contributed by atoms with E-state index in [-0.39, 0.29) is 16.6 Å². The third-order valence-corrected chi connectivity index (χ3v) is 8.22. The Morgan fingerprint density at radius 2 is 2.03 bits per heavy atom. The third kappa shape index (κ3) is 5.39. The Bertz CT molecular complexity index is 1220. The predicted molar refractivity (Wildman–Crippen MR) is 127 cm³/mol. The van der Waals surface area contributed by atoms with Gasteiger partial charge in [0, 0.05) is 42.9 Å². The van der Waals surface area contributed by atoms with Crippen molar-refractivity contribution in [1.29, 1.82) is 0 Å². The molecular weight excluding hydrogens is 459 g/mol. The molecule has 182 valence electrons. The van der Waals surface area contributed by atoms with Gasteiger partial charge in [0.15, 0.2) is 11.6 Å². The summed E-state index contributed by atoms with van der Waals surface area (Å²) in [5.74, 6) is -0.361. The largest absolute Gasteiger partial charge is 0.494 e. The zero-order valence-electron chi connectivity index (χ0n) is 19.1. The maximum absolute atomic E-state index is 14.0. The highest BCUT2D eigenvalue weighted by molar-refractivity contribution is 7.89. The highest BCUT2D eigenvalue weighted by atomic mass is 32.2. The number of halogens is 1. The Labute approximate surface area is 198 Å². The molecule has 3 heterocycles. The number of H-pyrrole nitrogens is 1. The molecule has 3 aromatic rings. The summed E-state index contributed by atoms with van der Waals surface area (Å²) in [6.45, 7) is 1.43. The molecule has 10 heteroatoms. The summed E-state index contributed by atoms with van der Waals surface area (Å²) in [7, 11) is -2.38. The number of fused-ring (bicyclic) bond motifs is 1. The van der Waals surface area contributed by atoms with Gasteiger partial charge in [-0.2, -0.15) is 4.31 Å². The molecule has 4 rings (SSSR count). The normalized spacial score (nSPS) is 15.5. The number of hydrogen-bond donors (Lipinski definition) is 2. The number of aromatic nitrogens is 2. The Morgan fingerprint density at radius 1 is 1.24 bits per heavy atom. The second-order valence-electron chi connectivity index (χ2n) is 8.54. The van der Waals surface area contributed by atoms with Crippen LogP contribution in [0.2, 0.25) is 0 Å². The first-order valence-corrected chi connectivity index (χ1v) is 12.9. The Morgan fingerprint density at radius 3 is 2.74 bits per heavy atom. The van der Waals surface area contributed by atoms with Crippen LogP contribution < -0.4 is 10.1 Å². The molecule has 1 saturated heterocycles. The lowest BCUT2D eigenvalue weighted by atomic mass is 9.92. The lowest BCUT2D eigenvalue weighted by Gasteiger charge is -2.31. The van der Waals surface area contributed by atoms with Crippen LogP contribution in [-0.4, -0.2) is 55.3 Å². The Hall–Kier alpha value is -2.98. The second-order valence-corrected chi connectivity index (χ2v) is 10.5. The van der Waals surface area contributed by atoms with E-state index in [0.717, 1.165) is 49.1 Å². The number of carbonyl (C=O) groups excluding carboxylic acids is 1. The number of hydrogen-bond acceptors (Lipinski definition) is 5. The predicted octanol–water partition coefficient (Wildman–Crippen LogP) is 3.71. The number of unbranched alkanes of at least 4 members (excludes halogenated alkanes) is 1. The minimum atomic E-state index is -3.72. The average molecular weight is 489 g/mol. The molecule has 1 aliphatic rings. The van der Waals surface area contributed by atoms with Gasteiger partial charge in [0.25, 0.3) is 5.91 Å². The zero-order chi connectivity index (χ0) is 24.1. The van der Waals surface area contributed by atoms with Gasteiger partial charge in [0.1, 0.15) is 5.69 Å². The molecule has 0 atom stereocenters. The number of sulfonamides is 1. The van der Waals surface area contributed by atoms with E-state index in [1.54, 1.807) is 18.5 Å². The van der Waals surface area contributed by atoms with E-state index in [1.165, 1.54) is 23.5 Å². The molecule has 1 aromatic carbocycles. The van der Waals surface area contributed by atoms with Crippen molar-refractivity contribution < 1.29 is 22.3 Å². The number of pyridine rings is 1. The minimum absolute atomic E-state index is 0.0208. The Balaban J connectivity index is 1.18. The molecule has 2 N–H and O–H groups in total. The molecule has 0 radical (unpaired) electrons. The first-order valence-electron chi connectivity index (χ1n) is 11.4. The van der Waals surface area contributed by atoms with Crippen LogP contribution in [0.25, 0.3) is 10.9 Å². The van der Waals surface area contributed by atoms with Crippen LogP contribution in [0.15, 0.2) is 47.6 Å². The number of methoxy groups -OCH3 is 1. The van der Waals surface area contributed by atoms with E-state index in [9.17, 15) is 17.6 Å². The number of aromatic amines is 1. The molecule has 0 aliphatic carbocycles. The summed E-state index contributed by atoms with van der Waals surface area (Å²) in [6, 6.07) is 7.35. The van der Waals surface area contributed by atoms with Crippen molar-refractivity contribution in [3.63, 3.8) is 0 Å². The highest BCUT2D eigenvalue weighted by Crippen LogP contribution is 2.28. The highest BCUT2D eigenvalue weighted by Gasteiger charge is 2.29. The fourth-order valence-electron chi connectivity index (χ4n) is 4.34. The molecule has 1 aliphatic heterocycles. The van der Waals surface area contributed by atoms with Crippen molar-refractivity contribution in [2.45, 2.75) is 37.0 Å². The molecule has 0 bridgehead atoms. The van der Waals surface area contributed by atoms with Crippen LogP contribution in [0, 0.1) is 11.7 Å². The summed E-state index contributed by atoms with van der Waals surface area (Å²) in [4.78, 5) is 19.4. The quantitative estimate of drug-likeness (QED) is 0.447. The molecule has 2 aromatic heterocycles. The van der Waals surface area contributed by atoms with Crippen LogP contribution in [0.4, 0.5) is 4.39 Å². The van der Waals surface area contributed by atoms with E-state index < -0.39 is 15.8 Å². The number of rotatable bonds is 9. The van der Waals surface area contributed by atoms with Crippen LogP contribution in [0.3, 0.4) is 0 Å². The molecule has 0 unspecified atom stereocenters. The number of piperidine rings is 1. The number of carbonyl (C=O) groups is 1. The smallest absolute Gasteiger partial charge is 0.267 e. The van der Waals surface area contributed by atoms with Gasteiger partial charge in [-0.25, -0.2) is 12.8 Å². The average Bonchev–Trinajstić information content (AvgIpc) is 3.28. The fraction of sp³-hybridized carbons (Fsp3) is 0.417. The summed E-state index contributed by atoms with van der Waals surface area (Å²) >= 11 is 0. The van der Waals surface area contributed by atoms with Gasteiger partial charge in [-0.1, -0.05) is 12.8 Å². The van der Waals surface area contributed by atoms with E-state index >= 15 is 0 Å². The topological polar surface area (TPSA) is 104 Å². The van der Waals surface area contributed by atoms with Gasteiger partial charge >= 0.3 is 0 Å². The summed E-state index contributed by atoms with van der Waals surface area (Å²) in [5, 5.41) is 3.84. The molecule has 1 fully saturated rings. The lowest BCUT2D eigenvalue weighted by Crippen LogP contribution is -2.38. The van der Waals surface area contributed by atoms with Gasteiger partial charge in [-0.3, -0.25) is 9.78 Å². The Kier molecular flexibility index (Phi) is 7.47. The van der Waals surface area contributed by atoms with Crippen molar-refractivity contribution >= 4 is 26.8 Å². The maximum Gasteiger partial charge on any atom is 0.267 e. The van der Waals surface area contributed by atoms with Gasteiger partial charge in [-0.05, 0) is 55.5 Å². The summed E-state index contributed by atoms with van der Waals surface area (Å²) in [6.07, 6.45) is 7.74. The number of amides is 1. The molecule has 1 amide bonds. The van der Waals surface area contributed by atoms with Crippen molar-refractivity contribution in [3.05, 3.63) is 54.2 Å². The van der Waals surface area contributed by atoms with Crippen LogP contribution >= 0.6 is 0 Å². The third-order valence-electron chi connectivity index (χ3n) is 6.32. The first-order chi connectivity index (χ1) is 16.4. The number of benzene rings is 1. The van der Waals surface area contributed by atoms with Gasteiger partial charge in [0.05, 0.1) is 12.0 Å². The molecule has 34 heavy (non-hydrogen) atoms. The standard InChI is InChI=1S/C24H29FN4O4S/c1-33-23-6-5-19(15-20(23)25)34(31,32)29-12-8-17(9-13-29)4-2-3-10-27-24(30)22-14-18-16-26-11-7-21(18)28-22/h5-7,11,14-17,28H,2-4,8-10,12-13H2,1H3,(H,27,30). The van der Waals surface area contributed by atoms with E-state index in [4.69, 9.17) is 4.74 Å². The van der Waals surface area contributed by atoms with E-state index in [1.807, 2.05) is 6.07 Å².